The molecule has 24 heavy (non-hydrogen) atoms. The number of aliphatic hydroxyl groups is 1. The van der Waals surface area contributed by atoms with Crippen molar-refractivity contribution < 1.29 is 14.6 Å². The van der Waals surface area contributed by atoms with E-state index in [9.17, 15) is 9.90 Å². The summed E-state index contributed by atoms with van der Waals surface area (Å²) in [6.07, 6.45) is 2.38. The van der Waals surface area contributed by atoms with E-state index in [0.29, 0.717) is 12.0 Å². The molecule has 0 saturated carbocycles. The average Bonchev–Trinajstić information content (AvgIpc) is 2.60. The van der Waals surface area contributed by atoms with Gasteiger partial charge < -0.3 is 15.2 Å². The molecule has 0 bridgehead atoms. The molecule has 1 unspecified atom stereocenters. The molecule has 0 spiro atoms. The van der Waals surface area contributed by atoms with Crippen LogP contribution < -0.4 is 10.1 Å². The van der Waals surface area contributed by atoms with E-state index in [0.717, 1.165) is 16.2 Å². The minimum Gasteiger partial charge on any atom is -0.497 e. The Kier molecular flexibility index (Phi) is 6.29. The second-order valence-corrected chi connectivity index (χ2v) is 6.75. The number of hydrogen-bond acceptors (Lipinski definition) is 4. The van der Waals surface area contributed by atoms with Gasteiger partial charge in [-0.05, 0) is 43.0 Å². The lowest BCUT2D eigenvalue weighted by Gasteiger charge is -2.24. The van der Waals surface area contributed by atoms with Crippen molar-refractivity contribution in [2.24, 2.45) is 0 Å². The van der Waals surface area contributed by atoms with Gasteiger partial charge in [0.15, 0.2) is 0 Å². The summed E-state index contributed by atoms with van der Waals surface area (Å²) in [4.78, 5) is 13.3. The van der Waals surface area contributed by atoms with Crippen LogP contribution in [0.5, 0.6) is 5.75 Å². The van der Waals surface area contributed by atoms with Gasteiger partial charge in [-0.15, -0.1) is 11.8 Å². The van der Waals surface area contributed by atoms with Gasteiger partial charge in [-0.1, -0.05) is 24.3 Å². The van der Waals surface area contributed by atoms with E-state index in [1.165, 1.54) is 11.8 Å². The van der Waals surface area contributed by atoms with Gasteiger partial charge in [0.2, 0.25) is 0 Å². The molecule has 0 aliphatic rings. The molecule has 128 valence electrons. The lowest BCUT2D eigenvalue weighted by Crippen LogP contribution is -2.42. The monoisotopic (exact) mass is 345 g/mol. The number of thioether (sulfide) groups is 1. The maximum Gasteiger partial charge on any atom is 0.252 e. The second-order valence-electron chi connectivity index (χ2n) is 5.90. The number of rotatable bonds is 7. The predicted molar refractivity (Wildman–Crippen MR) is 97.9 cm³/mol. The molecule has 0 radical (unpaired) electrons. The number of ether oxygens (including phenoxy) is 1. The van der Waals surface area contributed by atoms with E-state index < -0.39 is 5.60 Å². The molecular formula is C19H23NO3S. The van der Waals surface area contributed by atoms with E-state index in [4.69, 9.17) is 4.74 Å². The topological polar surface area (TPSA) is 58.6 Å². The van der Waals surface area contributed by atoms with Gasteiger partial charge in [-0.3, -0.25) is 4.79 Å². The lowest BCUT2D eigenvalue weighted by atomic mass is 9.96. The average molecular weight is 345 g/mol. The van der Waals surface area contributed by atoms with E-state index >= 15 is 0 Å². The van der Waals surface area contributed by atoms with Crippen molar-refractivity contribution in [3.8, 4) is 5.75 Å². The quantitative estimate of drug-likeness (QED) is 0.757. The molecule has 0 saturated heterocycles. The zero-order valence-electron chi connectivity index (χ0n) is 14.2. The van der Waals surface area contributed by atoms with Crippen LogP contribution in [0.1, 0.15) is 22.8 Å². The Hall–Kier alpha value is -1.98. The van der Waals surface area contributed by atoms with Crippen LogP contribution in [0.4, 0.5) is 0 Å². The van der Waals surface area contributed by atoms with Crippen LogP contribution in [0.25, 0.3) is 0 Å². The van der Waals surface area contributed by atoms with Crippen molar-refractivity contribution in [1.29, 1.82) is 0 Å². The summed E-state index contributed by atoms with van der Waals surface area (Å²) in [5.74, 6) is 0.607. The first-order valence-electron chi connectivity index (χ1n) is 7.72. The number of hydrogen-bond donors (Lipinski definition) is 2. The van der Waals surface area contributed by atoms with Crippen molar-refractivity contribution >= 4 is 17.7 Å². The fourth-order valence-corrected chi connectivity index (χ4v) is 3.04. The molecule has 2 aromatic rings. The maximum absolute atomic E-state index is 12.4. The van der Waals surface area contributed by atoms with Gasteiger partial charge in [0.25, 0.3) is 5.91 Å². The van der Waals surface area contributed by atoms with Crippen LogP contribution in [-0.2, 0) is 6.42 Å². The zero-order chi connectivity index (χ0) is 17.6. The van der Waals surface area contributed by atoms with Gasteiger partial charge in [0, 0.05) is 17.9 Å². The highest BCUT2D eigenvalue weighted by Crippen LogP contribution is 2.20. The Labute approximate surface area is 147 Å². The largest absolute Gasteiger partial charge is 0.497 e. The Morgan fingerprint density at radius 1 is 1.21 bits per heavy atom. The molecule has 2 aromatic carbocycles. The number of carbonyl (C=O) groups is 1. The van der Waals surface area contributed by atoms with Gasteiger partial charge in [-0.25, -0.2) is 0 Å². The highest BCUT2D eigenvalue weighted by atomic mass is 32.2. The summed E-state index contributed by atoms with van der Waals surface area (Å²) < 4.78 is 5.13. The molecule has 4 nitrogen and oxygen atoms in total. The summed E-state index contributed by atoms with van der Waals surface area (Å²) in [5.41, 5.74) is 0.586. The molecule has 1 amide bonds. The predicted octanol–water partition coefficient (Wildman–Crippen LogP) is 3.14. The number of amides is 1. The Morgan fingerprint density at radius 3 is 2.50 bits per heavy atom. The summed E-state index contributed by atoms with van der Waals surface area (Å²) >= 11 is 1.53. The maximum atomic E-state index is 12.4. The standard InChI is InChI=1S/C19H23NO3S/c1-19(22,12-14-8-10-15(23-2)11-9-14)13-20-18(21)16-6-4-5-7-17(16)24-3/h4-11,22H,12-13H2,1-3H3,(H,20,21). The highest BCUT2D eigenvalue weighted by Gasteiger charge is 2.22. The lowest BCUT2D eigenvalue weighted by molar-refractivity contribution is 0.0552. The molecule has 0 heterocycles. The number of benzene rings is 2. The summed E-state index contributed by atoms with van der Waals surface area (Å²) in [7, 11) is 1.62. The van der Waals surface area contributed by atoms with Crippen LogP contribution in [0.3, 0.4) is 0 Å². The normalized spacial score (nSPS) is 13.2. The molecule has 0 aromatic heterocycles. The molecule has 1 atom stereocenters. The number of carbonyl (C=O) groups excluding carboxylic acids is 1. The summed E-state index contributed by atoms with van der Waals surface area (Å²) in [5, 5.41) is 13.4. The number of methoxy groups -OCH3 is 1. The van der Waals surface area contributed by atoms with Gasteiger partial charge in [-0.2, -0.15) is 0 Å². The van der Waals surface area contributed by atoms with Crippen LogP contribution in [0.2, 0.25) is 0 Å². The number of nitrogens with one attached hydrogen (secondary N) is 1. The van der Waals surface area contributed by atoms with E-state index in [1.54, 1.807) is 20.1 Å². The van der Waals surface area contributed by atoms with Crippen LogP contribution >= 0.6 is 11.8 Å². The zero-order valence-corrected chi connectivity index (χ0v) is 15.0. The Morgan fingerprint density at radius 2 is 1.88 bits per heavy atom. The van der Waals surface area contributed by atoms with Gasteiger partial charge in [0.05, 0.1) is 18.3 Å². The molecule has 0 aliphatic carbocycles. The van der Waals surface area contributed by atoms with E-state index in [2.05, 4.69) is 5.32 Å². The van der Waals surface area contributed by atoms with Gasteiger partial charge in [0.1, 0.15) is 5.75 Å². The molecule has 2 rings (SSSR count). The smallest absolute Gasteiger partial charge is 0.252 e. The molecule has 2 N–H and O–H groups in total. The molecule has 0 aliphatic heterocycles. The third-order valence-electron chi connectivity index (χ3n) is 3.73. The molecule has 5 heteroatoms. The minimum atomic E-state index is -1.03. The van der Waals surface area contributed by atoms with Crippen molar-refractivity contribution in [1.82, 2.24) is 5.32 Å². The van der Waals surface area contributed by atoms with Crippen LogP contribution in [0, 0.1) is 0 Å². The first-order chi connectivity index (χ1) is 11.4. The highest BCUT2D eigenvalue weighted by molar-refractivity contribution is 7.98. The van der Waals surface area contributed by atoms with Crippen LogP contribution in [-0.4, -0.2) is 36.5 Å². The molecule has 0 fully saturated rings. The summed E-state index contributed by atoms with van der Waals surface area (Å²) in [6.45, 7) is 1.90. The van der Waals surface area contributed by atoms with Crippen molar-refractivity contribution in [3.63, 3.8) is 0 Å². The van der Waals surface area contributed by atoms with Crippen molar-refractivity contribution in [2.45, 2.75) is 23.8 Å². The summed E-state index contributed by atoms with van der Waals surface area (Å²) in [6, 6.07) is 15.0. The molecular weight excluding hydrogens is 322 g/mol. The third kappa shape index (κ3) is 5.01. The minimum absolute atomic E-state index is 0.171. The van der Waals surface area contributed by atoms with Crippen LogP contribution in [0.15, 0.2) is 53.4 Å². The third-order valence-corrected chi connectivity index (χ3v) is 4.52. The first-order valence-corrected chi connectivity index (χ1v) is 8.94. The van der Waals surface area contributed by atoms with Crippen molar-refractivity contribution in [2.75, 3.05) is 19.9 Å². The second kappa shape index (κ2) is 8.22. The Balaban J connectivity index is 1.97. The first kappa shape index (κ1) is 18.4. The fraction of sp³-hybridized carbons (Fsp3) is 0.316. The SMILES string of the molecule is COc1ccc(CC(C)(O)CNC(=O)c2ccccc2SC)cc1. The fourth-order valence-electron chi connectivity index (χ4n) is 2.44. The van der Waals surface area contributed by atoms with E-state index in [1.807, 2.05) is 48.7 Å². The Bertz CT molecular complexity index is 683. The van der Waals surface area contributed by atoms with E-state index in [-0.39, 0.29) is 12.5 Å². The van der Waals surface area contributed by atoms with Gasteiger partial charge >= 0.3 is 0 Å². The van der Waals surface area contributed by atoms with Crippen molar-refractivity contribution in [3.05, 3.63) is 59.7 Å².